The van der Waals surface area contributed by atoms with Crippen LogP contribution in [0.4, 0.5) is 0 Å². The predicted octanol–water partition coefficient (Wildman–Crippen LogP) is 5.39. The van der Waals surface area contributed by atoms with Gasteiger partial charge < -0.3 is 19.3 Å². The van der Waals surface area contributed by atoms with E-state index in [0.29, 0.717) is 57.5 Å². The number of ether oxygens (including phenoxy) is 3. The third-order valence-electron chi connectivity index (χ3n) is 12.7. The smallest absolute Gasteiger partial charge is 0.249 e. The number of likely N-dealkylation sites (tertiary alicyclic amines) is 1. The number of amides is 4. The molecule has 2 heterocycles. The number of fused-ring (bicyclic) bond motifs is 1. The largest absolute Gasteiger partial charge is 0.393 e. The molecule has 0 radical (unpaired) electrons. The Bertz CT molecular complexity index is 1200. The maximum absolute atomic E-state index is 13.2. The van der Waals surface area contributed by atoms with E-state index in [-0.39, 0.29) is 48.9 Å². The average molecular weight is 685 g/mol. The van der Waals surface area contributed by atoms with E-state index in [4.69, 9.17) is 14.2 Å². The fourth-order valence-corrected chi connectivity index (χ4v) is 10.2. The van der Waals surface area contributed by atoms with Crippen molar-refractivity contribution in [2.75, 3.05) is 26.4 Å². The number of hydrogen-bond donors (Lipinski definition) is 2. The van der Waals surface area contributed by atoms with Crippen molar-refractivity contribution in [2.24, 2.45) is 29.6 Å². The van der Waals surface area contributed by atoms with Gasteiger partial charge in [0.2, 0.25) is 23.6 Å². The number of carbonyl (C=O) groups excluding carboxylic acids is 4. The van der Waals surface area contributed by atoms with Crippen LogP contribution in [0.2, 0.25) is 0 Å². The van der Waals surface area contributed by atoms with E-state index < -0.39 is 23.8 Å². The molecular weight excluding hydrogens is 624 g/mol. The van der Waals surface area contributed by atoms with Crippen molar-refractivity contribution in [1.29, 1.82) is 0 Å². The maximum Gasteiger partial charge on any atom is 0.249 e. The number of nitrogens with zero attached hydrogens (tertiary/aromatic N) is 1. The second kappa shape index (κ2) is 17.4. The van der Waals surface area contributed by atoms with E-state index >= 15 is 0 Å². The summed E-state index contributed by atoms with van der Waals surface area (Å²) in [6.07, 6.45) is 18.9. The summed E-state index contributed by atoms with van der Waals surface area (Å²) in [5, 5.41) is 12.5. The minimum absolute atomic E-state index is 0.111. The molecule has 0 aromatic carbocycles. The molecular formula is C39H60N2O8. The molecule has 2 N–H and O–H groups in total. The summed E-state index contributed by atoms with van der Waals surface area (Å²) < 4.78 is 18.2. The second-order valence-corrected chi connectivity index (χ2v) is 15.7. The number of imide groups is 2. The van der Waals surface area contributed by atoms with E-state index in [1.54, 1.807) is 11.1 Å². The Morgan fingerprint density at radius 3 is 1.96 bits per heavy atom. The monoisotopic (exact) mass is 684 g/mol. The summed E-state index contributed by atoms with van der Waals surface area (Å²) in [6, 6.07) is -0.889. The lowest BCUT2D eigenvalue weighted by atomic mass is 9.68. The van der Waals surface area contributed by atoms with Gasteiger partial charge in [-0.05, 0) is 114 Å². The van der Waals surface area contributed by atoms with Gasteiger partial charge in [0, 0.05) is 6.42 Å². The average Bonchev–Trinajstić information content (AvgIpc) is 3.36. The van der Waals surface area contributed by atoms with E-state index in [2.05, 4.69) is 12.2 Å². The number of aliphatic hydroxyl groups excluding tert-OH is 1. The quantitative estimate of drug-likeness (QED) is 0.150. The van der Waals surface area contributed by atoms with Crippen molar-refractivity contribution in [3.8, 4) is 0 Å². The van der Waals surface area contributed by atoms with Crippen LogP contribution in [0.5, 0.6) is 0 Å². The minimum Gasteiger partial charge on any atom is -0.393 e. The van der Waals surface area contributed by atoms with Crippen LogP contribution in [0.25, 0.3) is 0 Å². The molecule has 0 aromatic rings. The second-order valence-electron chi connectivity index (χ2n) is 15.7. The zero-order valence-corrected chi connectivity index (χ0v) is 29.7. The van der Waals surface area contributed by atoms with E-state index in [9.17, 15) is 24.3 Å². The van der Waals surface area contributed by atoms with E-state index in [1.807, 2.05) is 0 Å². The number of hydrogen-bond acceptors (Lipinski definition) is 8. The van der Waals surface area contributed by atoms with Crippen LogP contribution in [0.15, 0.2) is 11.1 Å². The molecule has 274 valence electrons. The Balaban J connectivity index is 0.886. The molecule has 2 aliphatic heterocycles. The van der Waals surface area contributed by atoms with Crippen LogP contribution < -0.4 is 5.32 Å². The van der Waals surface area contributed by atoms with Gasteiger partial charge in [0.05, 0.1) is 56.6 Å². The summed E-state index contributed by atoms with van der Waals surface area (Å²) in [5.74, 6) is -0.298. The molecule has 49 heavy (non-hydrogen) atoms. The lowest BCUT2D eigenvalue weighted by molar-refractivity contribution is -0.151. The van der Waals surface area contributed by atoms with Crippen molar-refractivity contribution in [3.63, 3.8) is 0 Å². The maximum atomic E-state index is 13.2. The van der Waals surface area contributed by atoms with Crippen LogP contribution in [0, 0.1) is 29.6 Å². The van der Waals surface area contributed by atoms with Crippen molar-refractivity contribution in [1.82, 2.24) is 10.2 Å². The lowest BCUT2D eigenvalue weighted by Crippen LogP contribution is -2.54. The minimum atomic E-state index is -0.889. The fourth-order valence-electron chi connectivity index (χ4n) is 10.2. The first kappa shape index (κ1) is 36.6. The van der Waals surface area contributed by atoms with Crippen molar-refractivity contribution < 1.29 is 38.5 Å². The number of allylic oxidation sites excluding steroid dienone is 2. The molecule has 0 spiro atoms. The first-order valence-corrected chi connectivity index (χ1v) is 19.8. The van der Waals surface area contributed by atoms with Crippen LogP contribution >= 0.6 is 0 Å². The molecule has 4 unspecified atom stereocenters. The van der Waals surface area contributed by atoms with Crippen LogP contribution in [0.3, 0.4) is 0 Å². The Morgan fingerprint density at radius 2 is 1.31 bits per heavy atom. The van der Waals surface area contributed by atoms with Crippen molar-refractivity contribution in [3.05, 3.63) is 11.1 Å². The van der Waals surface area contributed by atoms with Gasteiger partial charge in [-0.25, -0.2) is 0 Å². The highest BCUT2D eigenvalue weighted by molar-refractivity contribution is 6.10. The molecule has 2 saturated heterocycles. The highest BCUT2D eigenvalue weighted by Gasteiger charge is 2.54. The summed E-state index contributed by atoms with van der Waals surface area (Å²) in [4.78, 5) is 51.2. The molecule has 4 atom stereocenters. The molecule has 6 fully saturated rings. The van der Waals surface area contributed by atoms with Gasteiger partial charge in [-0.3, -0.25) is 29.4 Å². The normalized spacial score (nSPS) is 35.3. The molecule has 10 nitrogen and oxygen atoms in total. The highest BCUT2D eigenvalue weighted by atomic mass is 16.5. The van der Waals surface area contributed by atoms with Crippen LogP contribution in [-0.2, 0) is 33.4 Å². The molecule has 6 aliphatic rings. The van der Waals surface area contributed by atoms with Gasteiger partial charge in [0.1, 0.15) is 6.04 Å². The third-order valence-corrected chi connectivity index (χ3v) is 12.7. The predicted molar refractivity (Wildman–Crippen MR) is 183 cm³/mol. The van der Waals surface area contributed by atoms with Crippen LogP contribution in [0.1, 0.15) is 129 Å². The molecule has 10 heteroatoms. The number of rotatable bonds is 13. The first-order chi connectivity index (χ1) is 23.8. The molecule has 0 aromatic heterocycles. The summed E-state index contributed by atoms with van der Waals surface area (Å²) >= 11 is 0. The standard InChI is InChI=1S/C39H60N2O8/c1-2-31(25-6-4-3-5-7-25)36(26-8-12-28(42)13-9-26)27-10-14-29(15-11-27)48-22-20-47-21-23-49-30-16-17-32-33(24-30)39(46)41(38(32)45)34-18-19-35(43)40-37(34)44/h25-30,32-34,42H,2-24H2,1H3,(H,40,43,44)/b36-31-. The lowest BCUT2D eigenvalue weighted by Gasteiger charge is -2.39. The van der Waals surface area contributed by atoms with Crippen molar-refractivity contribution >= 4 is 23.6 Å². The van der Waals surface area contributed by atoms with Crippen molar-refractivity contribution in [2.45, 2.75) is 153 Å². The van der Waals surface area contributed by atoms with Gasteiger partial charge in [0.25, 0.3) is 0 Å². The molecule has 4 amide bonds. The number of aliphatic hydroxyl groups is 1. The first-order valence-electron chi connectivity index (χ1n) is 19.8. The number of nitrogens with one attached hydrogen (secondary N) is 1. The van der Waals surface area contributed by atoms with Gasteiger partial charge in [-0.2, -0.15) is 0 Å². The molecule has 6 rings (SSSR count). The van der Waals surface area contributed by atoms with Crippen LogP contribution in [-0.4, -0.2) is 84.4 Å². The summed E-state index contributed by atoms with van der Waals surface area (Å²) in [7, 11) is 0. The Kier molecular flexibility index (Phi) is 13.0. The topological polar surface area (TPSA) is 131 Å². The zero-order valence-electron chi connectivity index (χ0n) is 29.7. The van der Waals surface area contributed by atoms with Gasteiger partial charge >= 0.3 is 0 Å². The molecule has 0 bridgehead atoms. The Labute approximate surface area is 292 Å². The highest BCUT2D eigenvalue weighted by Crippen LogP contribution is 2.46. The van der Waals surface area contributed by atoms with Gasteiger partial charge in [-0.1, -0.05) is 37.3 Å². The molecule has 4 saturated carbocycles. The number of carbonyl (C=O) groups is 4. The van der Waals surface area contributed by atoms with Gasteiger partial charge in [-0.15, -0.1) is 0 Å². The fraction of sp³-hybridized carbons (Fsp3) is 0.846. The van der Waals surface area contributed by atoms with E-state index in [1.165, 1.54) is 51.4 Å². The van der Waals surface area contributed by atoms with Gasteiger partial charge in [0.15, 0.2) is 0 Å². The SMILES string of the molecule is CC/C(=C(\C1CCC(O)CC1)C1CCC(OCCOCCOC2CCC3C(=O)N(C4CCC(=O)NC4=O)C(=O)C3C2)CC1)C1CCCCC1. The van der Waals surface area contributed by atoms with E-state index in [0.717, 1.165) is 49.3 Å². The summed E-state index contributed by atoms with van der Waals surface area (Å²) in [5.41, 5.74) is 3.58. The number of piperidine rings is 1. The zero-order chi connectivity index (χ0) is 34.3. The Hall–Kier alpha value is -2.14. The summed E-state index contributed by atoms with van der Waals surface area (Å²) in [6.45, 7) is 4.33. The third kappa shape index (κ3) is 8.85. The Morgan fingerprint density at radius 1 is 0.694 bits per heavy atom. The molecule has 4 aliphatic carbocycles.